The van der Waals surface area contributed by atoms with Crippen molar-refractivity contribution < 1.29 is 9.59 Å². The van der Waals surface area contributed by atoms with E-state index < -0.39 is 0 Å². The van der Waals surface area contributed by atoms with Crippen LogP contribution in [0, 0.1) is 5.92 Å². The zero-order chi connectivity index (χ0) is 19.8. The highest BCUT2D eigenvalue weighted by Gasteiger charge is 2.20. The third-order valence-electron chi connectivity index (χ3n) is 6.01. The van der Waals surface area contributed by atoms with E-state index in [1.54, 1.807) is 0 Å². The Hall–Kier alpha value is -2.04. The number of carbonyl (C=O) groups is 2. The molecule has 0 spiro atoms. The molecule has 1 aliphatic heterocycles. The Morgan fingerprint density at radius 2 is 1.82 bits per heavy atom. The Labute approximate surface area is 169 Å². The minimum absolute atomic E-state index is 0.0514. The highest BCUT2D eigenvalue weighted by atomic mass is 16.2. The first-order valence-electron chi connectivity index (χ1n) is 11.1. The molecule has 1 aliphatic carbocycles. The quantitative estimate of drug-likeness (QED) is 0.680. The summed E-state index contributed by atoms with van der Waals surface area (Å²) >= 11 is 0. The van der Waals surface area contributed by atoms with Gasteiger partial charge in [-0.05, 0) is 56.2 Å². The molecule has 3 rings (SSSR count). The molecule has 2 aliphatic rings. The SMILES string of the molecule is CCCNC(=O)c1cc(NC(=O)CCC2CCCC2)ccc1N1CCCCC1. The Balaban J connectivity index is 1.68. The van der Waals surface area contributed by atoms with Crippen molar-refractivity contribution in [1.29, 1.82) is 0 Å². The average molecular weight is 386 g/mol. The summed E-state index contributed by atoms with van der Waals surface area (Å²) in [6.45, 7) is 4.69. The van der Waals surface area contributed by atoms with Gasteiger partial charge in [0, 0.05) is 37.4 Å². The van der Waals surface area contributed by atoms with Crippen LogP contribution in [0.15, 0.2) is 18.2 Å². The van der Waals surface area contributed by atoms with Crippen molar-refractivity contribution in [3.05, 3.63) is 23.8 Å². The summed E-state index contributed by atoms with van der Waals surface area (Å²) in [4.78, 5) is 27.4. The molecule has 2 N–H and O–H groups in total. The van der Waals surface area contributed by atoms with Gasteiger partial charge in [-0.25, -0.2) is 0 Å². The molecule has 1 aromatic rings. The van der Waals surface area contributed by atoms with Crippen LogP contribution >= 0.6 is 0 Å². The molecule has 1 saturated heterocycles. The summed E-state index contributed by atoms with van der Waals surface area (Å²) in [5, 5.41) is 6.00. The fourth-order valence-electron chi connectivity index (χ4n) is 4.40. The third-order valence-corrected chi connectivity index (χ3v) is 6.01. The van der Waals surface area contributed by atoms with Gasteiger partial charge in [0.25, 0.3) is 5.91 Å². The van der Waals surface area contributed by atoms with Gasteiger partial charge in [-0.3, -0.25) is 9.59 Å². The Bertz CT molecular complexity index is 662. The molecule has 0 atom stereocenters. The molecular formula is C23H35N3O2. The summed E-state index contributed by atoms with van der Waals surface area (Å²) in [6, 6.07) is 5.79. The monoisotopic (exact) mass is 385 g/mol. The number of nitrogens with zero attached hydrogens (tertiary/aromatic N) is 1. The number of piperidine rings is 1. The topological polar surface area (TPSA) is 61.4 Å². The summed E-state index contributed by atoms with van der Waals surface area (Å²) in [7, 11) is 0. The van der Waals surface area contributed by atoms with Crippen molar-refractivity contribution in [1.82, 2.24) is 5.32 Å². The van der Waals surface area contributed by atoms with E-state index in [4.69, 9.17) is 0 Å². The van der Waals surface area contributed by atoms with Gasteiger partial charge in [-0.2, -0.15) is 0 Å². The van der Waals surface area contributed by atoms with Gasteiger partial charge in [0.05, 0.1) is 5.56 Å². The molecule has 1 heterocycles. The summed E-state index contributed by atoms with van der Waals surface area (Å²) in [6.07, 6.45) is 11.2. The normalized spacial score (nSPS) is 17.5. The lowest BCUT2D eigenvalue weighted by Gasteiger charge is -2.30. The van der Waals surface area contributed by atoms with Crippen molar-refractivity contribution in [2.24, 2.45) is 5.92 Å². The van der Waals surface area contributed by atoms with Gasteiger partial charge in [0.2, 0.25) is 5.91 Å². The second kappa shape index (κ2) is 10.5. The van der Waals surface area contributed by atoms with E-state index in [0.29, 0.717) is 24.4 Å². The maximum atomic E-state index is 12.8. The molecule has 28 heavy (non-hydrogen) atoms. The van der Waals surface area contributed by atoms with Crippen LogP contribution in [0.5, 0.6) is 0 Å². The molecule has 0 unspecified atom stereocenters. The first-order valence-corrected chi connectivity index (χ1v) is 11.1. The van der Waals surface area contributed by atoms with Gasteiger partial charge in [0.15, 0.2) is 0 Å². The molecule has 1 aromatic carbocycles. The molecule has 0 bridgehead atoms. The minimum Gasteiger partial charge on any atom is -0.371 e. The van der Waals surface area contributed by atoms with E-state index in [0.717, 1.165) is 50.1 Å². The molecule has 2 amide bonds. The lowest BCUT2D eigenvalue weighted by Crippen LogP contribution is -2.33. The van der Waals surface area contributed by atoms with Crippen molar-refractivity contribution in [2.45, 2.75) is 71.1 Å². The molecule has 5 heteroatoms. The maximum Gasteiger partial charge on any atom is 0.253 e. The van der Waals surface area contributed by atoms with Gasteiger partial charge < -0.3 is 15.5 Å². The molecule has 2 fully saturated rings. The van der Waals surface area contributed by atoms with Crippen LogP contribution in [-0.4, -0.2) is 31.4 Å². The molecule has 1 saturated carbocycles. The predicted molar refractivity (Wildman–Crippen MR) is 115 cm³/mol. The van der Waals surface area contributed by atoms with E-state index in [9.17, 15) is 9.59 Å². The minimum atomic E-state index is -0.0514. The van der Waals surface area contributed by atoms with Crippen LogP contribution in [0.4, 0.5) is 11.4 Å². The first-order chi connectivity index (χ1) is 13.7. The van der Waals surface area contributed by atoms with Crippen molar-refractivity contribution in [3.63, 3.8) is 0 Å². The lowest BCUT2D eigenvalue weighted by atomic mass is 10.0. The number of nitrogens with one attached hydrogen (secondary N) is 2. The van der Waals surface area contributed by atoms with E-state index in [1.807, 2.05) is 25.1 Å². The first kappa shape index (κ1) is 20.7. The summed E-state index contributed by atoms with van der Waals surface area (Å²) in [5.41, 5.74) is 2.38. The van der Waals surface area contributed by atoms with Gasteiger partial charge >= 0.3 is 0 Å². The number of hydrogen-bond acceptors (Lipinski definition) is 3. The van der Waals surface area contributed by atoms with Gasteiger partial charge in [0.1, 0.15) is 0 Å². The van der Waals surface area contributed by atoms with Crippen LogP contribution in [0.1, 0.15) is 81.5 Å². The number of benzene rings is 1. The summed E-state index contributed by atoms with van der Waals surface area (Å²) in [5.74, 6) is 0.713. The van der Waals surface area contributed by atoms with E-state index in [-0.39, 0.29) is 11.8 Å². The Kier molecular flexibility index (Phi) is 7.75. The van der Waals surface area contributed by atoms with Crippen LogP contribution in [-0.2, 0) is 4.79 Å². The molecular weight excluding hydrogens is 350 g/mol. The highest BCUT2D eigenvalue weighted by Crippen LogP contribution is 2.29. The molecule has 0 aromatic heterocycles. The average Bonchev–Trinajstić information content (AvgIpc) is 3.25. The van der Waals surface area contributed by atoms with Crippen LogP contribution in [0.25, 0.3) is 0 Å². The van der Waals surface area contributed by atoms with Crippen LogP contribution in [0.2, 0.25) is 0 Å². The van der Waals surface area contributed by atoms with Crippen LogP contribution in [0.3, 0.4) is 0 Å². The van der Waals surface area contributed by atoms with Crippen molar-refractivity contribution in [2.75, 3.05) is 29.9 Å². The van der Waals surface area contributed by atoms with Gasteiger partial charge in [-0.15, -0.1) is 0 Å². The van der Waals surface area contributed by atoms with Crippen molar-refractivity contribution in [3.8, 4) is 0 Å². The number of anilines is 2. The third kappa shape index (κ3) is 5.73. The predicted octanol–water partition coefficient (Wildman–Crippen LogP) is 4.73. The van der Waals surface area contributed by atoms with E-state index in [1.165, 1.54) is 32.1 Å². The molecule has 154 valence electrons. The zero-order valence-electron chi connectivity index (χ0n) is 17.3. The van der Waals surface area contributed by atoms with Crippen LogP contribution < -0.4 is 15.5 Å². The second-order valence-corrected chi connectivity index (χ2v) is 8.27. The molecule has 0 radical (unpaired) electrons. The fraction of sp³-hybridized carbons (Fsp3) is 0.652. The largest absolute Gasteiger partial charge is 0.371 e. The number of carbonyl (C=O) groups excluding carboxylic acids is 2. The lowest BCUT2D eigenvalue weighted by molar-refractivity contribution is -0.116. The fourth-order valence-corrected chi connectivity index (χ4v) is 4.40. The zero-order valence-corrected chi connectivity index (χ0v) is 17.3. The second-order valence-electron chi connectivity index (χ2n) is 8.27. The number of hydrogen-bond donors (Lipinski definition) is 2. The summed E-state index contributed by atoms with van der Waals surface area (Å²) < 4.78 is 0. The Morgan fingerprint density at radius 1 is 1.07 bits per heavy atom. The van der Waals surface area contributed by atoms with E-state index >= 15 is 0 Å². The molecule has 5 nitrogen and oxygen atoms in total. The van der Waals surface area contributed by atoms with Gasteiger partial charge in [-0.1, -0.05) is 32.6 Å². The maximum absolute atomic E-state index is 12.8. The standard InChI is InChI=1S/C23H35N3O2/c1-2-14-24-23(28)20-17-19(11-12-21(20)26-15-6-3-7-16-26)25-22(27)13-10-18-8-4-5-9-18/h11-12,17-18H,2-10,13-16H2,1H3,(H,24,28)(H,25,27). The smallest absolute Gasteiger partial charge is 0.253 e. The number of rotatable bonds is 8. The number of amides is 2. The van der Waals surface area contributed by atoms with Crippen molar-refractivity contribution >= 4 is 23.2 Å². The highest BCUT2D eigenvalue weighted by molar-refractivity contribution is 6.02. The van der Waals surface area contributed by atoms with E-state index in [2.05, 4.69) is 15.5 Å². The Morgan fingerprint density at radius 3 is 2.54 bits per heavy atom.